The molecule has 0 bridgehead atoms. The van der Waals surface area contributed by atoms with Crippen LogP contribution >= 0.6 is 0 Å². The number of benzene rings is 1. The lowest BCUT2D eigenvalue weighted by atomic mass is 10.1. The van der Waals surface area contributed by atoms with E-state index in [2.05, 4.69) is 6.07 Å². The third kappa shape index (κ3) is 2.11. The molecule has 94 valence electrons. The van der Waals surface area contributed by atoms with Gasteiger partial charge in [-0.3, -0.25) is 4.79 Å². The van der Waals surface area contributed by atoms with E-state index in [4.69, 9.17) is 4.42 Å². The highest BCUT2D eigenvalue weighted by atomic mass is 16.3. The molecule has 1 atom stereocenters. The zero-order valence-corrected chi connectivity index (χ0v) is 10.0. The molecule has 1 aliphatic rings. The molecule has 2 heterocycles. The molecule has 1 aromatic carbocycles. The molecular formula is C14H15NO3. The fourth-order valence-corrected chi connectivity index (χ4v) is 2.40. The second kappa shape index (κ2) is 4.46. The summed E-state index contributed by atoms with van der Waals surface area (Å²) < 4.78 is 5.28. The van der Waals surface area contributed by atoms with Crippen LogP contribution in [0.4, 0.5) is 0 Å². The van der Waals surface area contributed by atoms with Crippen LogP contribution in [-0.2, 0) is 11.2 Å². The van der Waals surface area contributed by atoms with Crippen LogP contribution in [0.5, 0.6) is 0 Å². The number of aliphatic hydroxyl groups is 1. The van der Waals surface area contributed by atoms with Gasteiger partial charge in [0.25, 0.3) is 0 Å². The molecule has 2 aromatic rings. The van der Waals surface area contributed by atoms with Crippen LogP contribution in [0.3, 0.4) is 0 Å². The van der Waals surface area contributed by atoms with Crippen LogP contribution in [0.15, 0.2) is 34.9 Å². The molecule has 1 fully saturated rings. The summed E-state index contributed by atoms with van der Waals surface area (Å²) in [6, 6.07) is 7.98. The predicted molar refractivity (Wildman–Crippen MR) is 67.1 cm³/mol. The number of fused-ring (bicyclic) bond motifs is 1. The molecular weight excluding hydrogens is 230 g/mol. The average Bonchev–Trinajstić information content (AvgIpc) is 2.92. The zero-order valence-electron chi connectivity index (χ0n) is 10.0. The number of furan rings is 1. The van der Waals surface area contributed by atoms with E-state index in [0.29, 0.717) is 13.1 Å². The number of hydrogen-bond donors (Lipinski definition) is 1. The molecule has 1 N–H and O–H groups in total. The summed E-state index contributed by atoms with van der Waals surface area (Å²) in [7, 11) is 0. The van der Waals surface area contributed by atoms with Crippen LogP contribution in [0.25, 0.3) is 11.0 Å². The molecule has 0 radical (unpaired) electrons. The van der Waals surface area contributed by atoms with Crippen LogP contribution < -0.4 is 0 Å². The summed E-state index contributed by atoms with van der Waals surface area (Å²) in [5, 5.41) is 10.5. The summed E-state index contributed by atoms with van der Waals surface area (Å²) in [6.07, 6.45) is 2.25. The van der Waals surface area contributed by atoms with Gasteiger partial charge in [-0.15, -0.1) is 0 Å². The molecule has 1 amide bonds. The van der Waals surface area contributed by atoms with Gasteiger partial charge in [-0.2, -0.15) is 0 Å². The van der Waals surface area contributed by atoms with Crippen molar-refractivity contribution in [1.82, 2.24) is 4.90 Å². The second-order valence-corrected chi connectivity index (χ2v) is 4.74. The van der Waals surface area contributed by atoms with Crippen molar-refractivity contribution < 1.29 is 14.3 Å². The van der Waals surface area contributed by atoms with Crippen molar-refractivity contribution >= 4 is 16.9 Å². The second-order valence-electron chi connectivity index (χ2n) is 4.74. The summed E-state index contributed by atoms with van der Waals surface area (Å²) >= 11 is 0. The van der Waals surface area contributed by atoms with E-state index in [9.17, 15) is 9.90 Å². The van der Waals surface area contributed by atoms with Crippen LogP contribution in [-0.4, -0.2) is 35.1 Å². The van der Waals surface area contributed by atoms with Crippen LogP contribution in [0.2, 0.25) is 0 Å². The standard InChI is InChI=1S/C14H15NO3/c16-12-8-14(17)15(9-12)5-3-10-1-2-13-11(7-10)4-6-18-13/h1-2,4,6-7,12,16H,3,5,8-9H2. The van der Waals surface area contributed by atoms with E-state index >= 15 is 0 Å². The van der Waals surface area contributed by atoms with Gasteiger partial charge >= 0.3 is 0 Å². The van der Waals surface area contributed by atoms with Crippen molar-refractivity contribution in [2.24, 2.45) is 0 Å². The Morgan fingerprint density at radius 1 is 1.39 bits per heavy atom. The topological polar surface area (TPSA) is 53.7 Å². The average molecular weight is 245 g/mol. The first kappa shape index (κ1) is 11.3. The van der Waals surface area contributed by atoms with E-state index in [1.54, 1.807) is 11.2 Å². The molecule has 18 heavy (non-hydrogen) atoms. The fraction of sp³-hybridized carbons (Fsp3) is 0.357. The maximum Gasteiger partial charge on any atom is 0.225 e. The molecule has 1 aliphatic heterocycles. The number of rotatable bonds is 3. The Hall–Kier alpha value is -1.81. The third-order valence-corrected chi connectivity index (χ3v) is 3.38. The lowest BCUT2D eigenvalue weighted by Gasteiger charge is -2.15. The predicted octanol–water partition coefficient (Wildman–Crippen LogP) is 1.57. The van der Waals surface area contributed by atoms with E-state index in [0.717, 1.165) is 17.4 Å². The molecule has 4 nitrogen and oxygen atoms in total. The van der Waals surface area contributed by atoms with Gasteiger partial charge in [0.05, 0.1) is 18.8 Å². The number of β-amino-alcohol motifs (C(OH)–C–C–N with tert-alkyl or cyclic N) is 1. The molecule has 3 rings (SSSR count). The van der Waals surface area contributed by atoms with E-state index in [-0.39, 0.29) is 12.3 Å². The maximum absolute atomic E-state index is 11.5. The highest BCUT2D eigenvalue weighted by Gasteiger charge is 2.27. The number of nitrogens with zero attached hydrogens (tertiary/aromatic N) is 1. The first-order valence-corrected chi connectivity index (χ1v) is 6.14. The van der Waals surface area contributed by atoms with Crippen molar-refractivity contribution in [1.29, 1.82) is 0 Å². The highest BCUT2D eigenvalue weighted by Crippen LogP contribution is 2.18. The number of likely N-dealkylation sites (tertiary alicyclic amines) is 1. The highest BCUT2D eigenvalue weighted by molar-refractivity contribution is 5.79. The normalized spacial score (nSPS) is 19.9. The zero-order chi connectivity index (χ0) is 12.5. The molecule has 1 saturated heterocycles. The van der Waals surface area contributed by atoms with Crippen LogP contribution in [0, 0.1) is 0 Å². The number of hydrogen-bond acceptors (Lipinski definition) is 3. The van der Waals surface area contributed by atoms with E-state index in [1.807, 2.05) is 18.2 Å². The maximum atomic E-state index is 11.5. The van der Waals surface area contributed by atoms with Gasteiger partial charge in [0.2, 0.25) is 5.91 Å². The third-order valence-electron chi connectivity index (χ3n) is 3.38. The first-order chi connectivity index (χ1) is 8.72. The van der Waals surface area contributed by atoms with Crippen molar-refractivity contribution in [2.75, 3.05) is 13.1 Å². The lowest BCUT2D eigenvalue weighted by Crippen LogP contribution is -2.28. The Balaban J connectivity index is 1.67. The minimum atomic E-state index is -0.492. The van der Waals surface area contributed by atoms with Gasteiger partial charge in [-0.05, 0) is 30.2 Å². The Morgan fingerprint density at radius 3 is 3.06 bits per heavy atom. The molecule has 1 aromatic heterocycles. The summed E-state index contributed by atoms with van der Waals surface area (Å²) in [5.74, 6) is 0.0480. The summed E-state index contributed by atoms with van der Waals surface area (Å²) in [5.41, 5.74) is 2.06. The minimum absolute atomic E-state index is 0.0480. The van der Waals surface area contributed by atoms with E-state index < -0.39 is 6.10 Å². The molecule has 0 saturated carbocycles. The summed E-state index contributed by atoms with van der Waals surface area (Å²) in [4.78, 5) is 13.3. The van der Waals surface area contributed by atoms with Gasteiger partial charge in [-0.25, -0.2) is 0 Å². The molecule has 4 heteroatoms. The van der Waals surface area contributed by atoms with Gasteiger partial charge in [-0.1, -0.05) is 6.07 Å². The van der Waals surface area contributed by atoms with Crippen molar-refractivity contribution in [3.63, 3.8) is 0 Å². The van der Waals surface area contributed by atoms with E-state index in [1.165, 1.54) is 5.56 Å². The Bertz CT molecular complexity index is 575. The smallest absolute Gasteiger partial charge is 0.225 e. The van der Waals surface area contributed by atoms with Gasteiger partial charge < -0.3 is 14.4 Å². The first-order valence-electron chi connectivity index (χ1n) is 6.14. The minimum Gasteiger partial charge on any atom is -0.464 e. The fourth-order valence-electron chi connectivity index (χ4n) is 2.40. The summed E-state index contributed by atoms with van der Waals surface area (Å²) in [6.45, 7) is 1.13. The van der Waals surface area contributed by atoms with Crippen molar-refractivity contribution in [2.45, 2.75) is 18.9 Å². The SMILES string of the molecule is O=C1CC(O)CN1CCc1ccc2occc2c1. The van der Waals surface area contributed by atoms with Gasteiger partial charge in [0, 0.05) is 18.5 Å². The van der Waals surface area contributed by atoms with Crippen molar-refractivity contribution in [3.05, 3.63) is 36.1 Å². The molecule has 0 spiro atoms. The van der Waals surface area contributed by atoms with Crippen molar-refractivity contribution in [3.8, 4) is 0 Å². The number of aliphatic hydroxyl groups excluding tert-OH is 1. The number of carbonyl (C=O) groups is 1. The Morgan fingerprint density at radius 2 is 2.28 bits per heavy atom. The Labute approximate surface area is 105 Å². The quantitative estimate of drug-likeness (QED) is 0.893. The molecule has 0 aliphatic carbocycles. The molecule has 1 unspecified atom stereocenters. The lowest BCUT2D eigenvalue weighted by molar-refractivity contribution is -0.127. The largest absolute Gasteiger partial charge is 0.464 e. The number of amides is 1. The van der Waals surface area contributed by atoms with Crippen LogP contribution in [0.1, 0.15) is 12.0 Å². The van der Waals surface area contributed by atoms with Gasteiger partial charge in [0.1, 0.15) is 5.58 Å². The monoisotopic (exact) mass is 245 g/mol. The number of carbonyl (C=O) groups excluding carboxylic acids is 1. The Kier molecular flexibility index (Phi) is 2.80. The van der Waals surface area contributed by atoms with Gasteiger partial charge in [0.15, 0.2) is 0 Å².